The lowest BCUT2D eigenvalue weighted by Gasteiger charge is -2.27. The van der Waals surface area contributed by atoms with Crippen LogP contribution in [-0.2, 0) is 26.6 Å². The minimum Gasteiger partial charge on any atom is -0.330 e. The van der Waals surface area contributed by atoms with Crippen LogP contribution < -0.4 is 0 Å². The van der Waals surface area contributed by atoms with E-state index in [9.17, 15) is 0 Å². The molecule has 0 bridgehead atoms. The van der Waals surface area contributed by atoms with Gasteiger partial charge in [0.1, 0.15) is 12.2 Å². The van der Waals surface area contributed by atoms with Crippen LogP contribution in [-0.4, -0.2) is 40.9 Å². The van der Waals surface area contributed by atoms with Crippen molar-refractivity contribution in [2.75, 3.05) is 6.54 Å². The second kappa shape index (κ2) is 6.51. The monoisotopic (exact) mass is 357 g/mol. The molecule has 7 heteroatoms. The second-order valence-corrected chi connectivity index (χ2v) is 6.83. The Bertz CT molecular complexity index is 1100. The van der Waals surface area contributed by atoms with E-state index in [1.165, 1.54) is 17.4 Å². The maximum atomic E-state index is 4.79. The number of imidazole rings is 1. The minimum absolute atomic E-state index is 0.693. The van der Waals surface area contributed by atoms with Crippen molar-refractivity contribution in [1.82, 2.24) is 34.4 Å². The summed E-state index contributed by atoms with van der Waals surface area (Å²) in [6, 6.07) is 8.26. The highest BCUT2D eigenvalue weighted by Gasteiger charge is 2.20. The zero-order valence-corrected chi connectivity index (χ0v) is 15.1. The lowest BCUT2D eigenvalue weighted by molar-refractivity contribution is 0.235. The minimum atomic E-state index is 0.693. The SMILES string of the molecule is Cn1c(CN2CCc3nc(-c4cncnc4)ncc3C2)nc2ccccc21. The van der Waals surface area contributed by atoms with Crippen molar-refractivity contribution in [3.63, 3.8) is 0 Å². The van der Waals surface area contributed by atoms with E-state index in [0.717, 1.165) is 48.7 Å². The maximum absolute atomic E-state index is 4.79. The molecule has 1 aromatic carbocycles. The van der Waals surface area contributed by atoms with Gasteiger partial charge < -0.3 is 4.57 Å². The number of aryl methyl sites for hydroxylation is 1. The number of rotatable bonds is 3. The Hall–Kier alpha value is -3.19. The molecule has 0 radical (unpaired) electrons. The Kier molecular flexibility index (Phi) is 3.86. The van der Waals surface area contributed by atoms with Gasteiger partial charge in [0.2, 0.25) is 0 Å². The summed E-state index contributed by atoms with van der Waals surface area (Å²) in [7, 11) is 2.08. The summed E-state index contributed by atoms with van der Waals surface area (Å²) in [5.74, 6) is 1.77. The first kappa shape index (κ1) is 16.0. The number of fused-ring (bicyclic) bond motifs is 2. The highest BCUT2D eigenvalue weighted by molar-refractivity contribution is 5.75. The first-order valence-electron chi connectivity index (χ1n) is 9.01. The van der Waals surface area contributed by atoms with E-state index in [4.69, 9.17) is 9.97 Å². The zero-order valence-electron chi connectivity index (χ0n) is 15.1. The van der Waals surface area contributed by atoms with E-state index in [2.05, 4.69) is 49.7 Å². The van der Waals surface area contributed by atoms with Gasteiger partial charge in [-0.2, -0.15) is 0 Å². The normalized spacial score (nSPS) is 14.4. The van der Waals surface area contributed by atoms with Gasteiger partial charge in [0, 0.05) is 50.7 Å². The largest absolute Gasteiger partial charge is 0.330 e. The molecule has 0 unspecified atom stereocenters. The topological polar surface area (TPSA) is 72.6 Å². The zero-order chi connectivity index (χ0) is 18.2. The number of benzene rings is 1. The summed E-state index contributed by atoms with van der Waals surface area (Å²) in [4.78, 5) is 24.5. The van der Waals surface area contributed by atoms with E-state index in [0.29, 0.717) is 5.82 Å². The average Bonchev–Trinajstić information content (AvgIpc) is 3.04. The molecule has 0 saturated carbocycles. The average molecular weight is 357 g/mol. The quantitative estimate of drug-likeness (QED) is 0.560. The molecule has 5 rings (SSSR count). The Morgan fingerprint density at radius 1 is 1.04 bits per heavy atom. The van der Waals surface area contributed by atoms with Crippen molar-refractivity contribution >= 4 is 11.0 Å². The summed E-state index contributed by atoms with van der Waals surface area (Å²) in [6.07, 6.45) is 7.85. The third kappa shape index (κ3) is 2.96. The van der Waals surface area contributed by atoms with Crippen LogP contribution in [0.1, 0.15) is 17.1 Å². The molecule has 0 amide bonds. The predicted molar refractivity (Wildman–Crippen MR) is 102 cm³/mol. The molecule has 4 aromatic rings. The van der Waals surface area contributed by atoms with Gasteiger partial charge in [-0.05, 0) is 12.1 Å². The van der Waals surface area contributed by atoms with E-state index in [1.54, 1.807) is 12.4 Å². The fraction of sp³-hybridized carbons (Fsp3) is 0.250. The molecule has 4 heterocycles. The third-order valence-corrected chi connectivity index (χ3v) is 5.08. The summed E-state index contributed by atoms with van der Waals surface area (Å²) in [5, 5.41) is 0. The van der Waals surface area contributed by atoms with Crippen LogP contribution in [0, 0.1) is 0 Å². The Balaban J connectivity index is 1.37. The van der Waals surface area contributed by atoms with Crippen LogP contribution >= 0.6 is 0 Å². The van der Waals surface area contributed by atoms with Crippen molar-refractivity contribution in [2.45, 2.75) is 19.5 Å². The van der Waals surface area contributed by atoms with Crippen molar-refractivity contribution in [3.8, 4) is 11.4 Å². The van der Waals surface area contributed by atoms with Crippen molar-refractivity contribution in [3.05, 3.63) is 66.3 Å². The van der Waals surface area contributed by atoms with Gasteiger partial charge in [-0.15, -0.1) is 0 Å². The molecule has 1 aliphatic rings. The van der Waals surface area contributed by atoms with Gasteiger partial charge in [-0.25, -0.2) is 24.9 Å². The standard InChI is InChI=1S/C20H19N7/c1-26-18-5-3-2-4-17(18)24-19(26)12-27-7-6-16-15(11-27)10-23-20(25-16)14-8-21-13-22-9-14/h2-5,8-10,13H,6-7,11-12H2,1H3. The summed E-state index contributed by atoms with van der Waals surface area (Å²) in [5.41, 5.74) is 5.36. The van der Waals surface area contributed by atoms with Crippen LogP contribution in [0.2, 0.25) is 0 Å². The van der Waals surface area contributed by atoms with Gasteiger partial charge in [-0.1, -0.05) is 12.1 Å². The molecule has 3 aromatic heterocycles. The van der Waals surface area contributed by atoms with E-state index >= 15 is 0 Å². The molecule has 0 fully saturated rings. The molecule has 27 heavy (non-hydrogen) atoms. The molecular formula is C20H19N7. The van der Waals surface area contributed by atoms with Crippen molar-refractivity contribution in [1.29, 1.82) is 0 Å². The van der Waals surface area contributed by atoms with Crippen LogP contribution in [0.15, 0.2) is 49.2 Å². The smallest absolute Gasteiger partial charge is 0.162 e. The number of hydrogen-bond acceptors (Lipinski definition) is 6. The maximum Gasteiger partial charge on any atom is 0.162 e. The fourth-order valence-electron chi connectivity index (χ4n) is 3.60. The second-order valence-electron chi connectivity index (χ2n) is 6.83. The first-order valence-corrected chi connectivity index (χ1v) is 9.01. The Labute approximate surface area is 156 Å². The molecule has 7 nitrogen and oxygen atoms in total. The summed E-state index contributed by atoms with van der Waals surface area (Å²) < 4.78 is 2.18. The van der Waals surface area contributed by atoms with Crippen LogP contribution in [0.3, 0.4) is 0 Å². The van der Waals surface area contributed by atoms with E-state index in [1.807, 2.05) is 12.3 Å². The molecule has 134 valence electrons. The van der Waals surface area contributed by atoms with Gasteiger partial charge in [-0.3, -0.25) is 4.90 Å². The molecule has 0 aliphatic carbocycles. The lowest BCUT2D eigenvalue weighted by atomic mass is 10.1. The number of aromatic nitrogens is 6. The molecule has 0 atom stereocenters. The lowest BCUT2D eigenvalue weighted by Crippen LogP contribution is -2.31. The summed E-state index contributed by atoms with van der Waals surface area (Å²) in [6.45, 7) is 2.61. The Morgan fingerprint density at radius 2 is 1.89 bits per heavy atom. The summed E-state index contributed by atoms with van der Waals surface area (Å²) >= 11 is 0. The highest BCUT2D eigenvalue weighted by atomic mass is 15.2. The van der Waals surface area contributed by atoms with Gasteiger partial charge >= 0.3 is 0 Å². The Morgan fingerprint density at radius 3 is 2.74 bits per heavy atom. The third-order valence-electron chi connectivity index (χ3n) is 5.08. The van der Waals surface area contributed by atoms with E-state index in [-0.39, 0.29) is 0 Å². The highest BCUT2D eigenvalue weighted by Crippen LogP contribution is 2.22. The predicted octanol–water partition coefficient (Wildman–Crippen LogP) is 2.38. The first-order chi connectivity index (χ1) is 13.3. The molecule has 0 saturated heterocycles. The van der Waals surface area contributed by atoms with Crippen molar-refractivity contribution < 1.29 is 0 Å². The number of hydrogen-bond donors (Lipinski definition) is 0. The van der Waals surface area contributed by atoms with Crippen LogP contribution in [0.5, 0.6) is 0 Å². The fourth-order valence-corrected chi connectivity index (χ4v) is 3.60. The van der Waals surface area contributed by atoms with E-state index < -0.39 is 0 Å². The van der Waals surface area contributed by atoms with Crippen LogP contribution in [0.25, 0.3) is 22.4 Å². The molecule has 0 spiro atoms. The van der Waals surface area contributed by atoms with Crippen LogP contribution in [0.4, 0.5) is 0 Å². The van der Waals surface area contributed by atoms with Gasteiger partial charge in [0.15, 0.2) is 5.82 Å². The van der Waals surface area contributed by atoms with Gasteiger partial charge in [0.05, 0.1) is 28.8 Å². The molecule has 0 N–H and O–H groups in total. The van der Waals surface area contributed by atoms with Gasteiger partial charge in [0.25, 0.3) is 0 Å². The van der Waals surface area contributed by atoms with Crippen molar-refractivity contribution in [2.24, 2.45) is 7.05 Å². The number of nitrogens with zero attached hydrogens (tertiary/aromatic N) is 7. The number of para-hydroxylation sites is 2. The molecule has 1 aliphatic heterocycles. The molecular weight excluding hydrogens is 338 g/mol.